The molecule has 0 amide bonds. The maximum atomic E-state index is 16.5. The Morgan fingerprint density at radius 2 is 1.79 bits per heavy atom. The molecule has 2 atom stereocenters. The minimum absolute atomic E-state index is 0.0534. The number of hydrogen-bond acceptors (Lipinski definition) is 3. The van der Waals surface area contributed by atoms with Crippen molar-refractivity contribution >= 4 is 17.6 Å². The van der Waals surface area contributed by atoms with Gasteiger partial charge in [0, 0.05) is 10.9 Å². The van der Waals surface area contributed by atoms with Crippen LogP contribution in [0.5, 0.6) is 11.5 Å². The smallest absolute Gasteiger partial charge is 0.344 e. The van der Waals surface area contributed by atoms with Crippen LogP contribution in [0.4, 0.5) is 8.78 Å². The topological polar surface area (TPSA) is 35.5 Å². The predicted octanol–water partition coefficient (Wildman–Crippen LogP) is 7.28. The SMILES string of the molecule is COC(=O)[C@@](F)(CCc1ccc(F)c(Oc2ccccc2)c1)[C@H](c1ccc(Cl)cc1)C1CC1. The first-order chi connectivity index (χ1) is 15.9. The Morgan fingerprint density at radius 3 is 2.42 bits per heavy atom. The van der Waals surface area contributed by atoms with E-state index in [2.05, 4.69) is 0 Å². The van der Waals surface area contributed by atoms with Crippen LogP contribution in [0.3, 0.4) is 0 Å². The van der Waals surface area contributed by atoms with Gasteiger partial charge < -0.3 is 9.47 Å². The second kappa shape index (κ2) is 9.92. The largest absolute Gasteiger partial charge is 0.467 e. The van der Waals surface area contributed by atoms with E-state index in [1.165, 1.54) is 13.2 Å². The summed E-state index contributed by atoms with van der Waals surface area (Å²) in [5.41, 5.74) is -0.834. The van der Waals surface area contributed by atoms with E-state index in [0.29, 0.717) is 16.3 Å². The van der Waals surface area contributed by atoms with Gasteiger partial charge in [0.2, 0.25) is 5.67 Å². The highest BCUT2D eigenvalue weighted by Gasteiger charge is 2.53. The molecule has 3 aromatic carbocycles. The molecule has 4 rings (SSSR count). The highest BCUT2D eigenvalue weighted by atomic mass is 35.5. The van der Waals surface area contributed by atoms with Crippen LogP contribution < -0.4 is 4.74 Å². The number of aryl methyl sites for hydroxylation is 1. The van der Waals surface area contributed by atoms with Crippen LogP contribution >= 0.6 is 11.6 Å². The predicted molar refractivity (Wildman–Crippen MR) is 124 cm³/mol. The third-order valence-electron chi connectivity index (χ3n) is 6.08. The first-order valence-electron chi connectivity index (χ1n) is 10.9. The summed E-state index contributed by atoms with van der Waals surface area (Å²) in [7, 11) is 1.20. The number of carbonyl (C=O) groups excluding carboxylic acids is 1. The third kappa shape index (κ3) is 5.36. The van der Waals surface area contributed by atoms with Gasteiger partial charge in [0.05, 0.1) is 7.11 Å². The molecule has 1 aliphatic rings. The van der Waals surface area contributed by atoms with Crippen LogP contribution in [-0.2, 0) is 16.0 Å². The van der Waals surface area contributed by atoms with Crippen molar-refractivity contribution in [2.45, 2.75) is 37.3 Å². The van der Waals surface area contributed by atoms with E-state index < -0.39 is 23.4 Å². The van der Waals surface area contributed by atoms with Gasteiger partial charge in [0.15, 0.2) is 11.6 Å². The van der Waals surface area contributed by atoms with Crippen molar-refractivity contribution in [3.63, 3.8) is 0 Å². The molecule has 0 saturated heterocycles. The van der Waals surface area contributed by atoms with Gasteiger partial charge in [-0.25, -0.2) is 13.6 Å². The summed E-state index contributed by atoms with van der Waals surface area (Å²) in [6, 6.07) is 20.2. The summed E-state index contributed by atoms with van der Waals surface area (Å²) in [6.07, 6.45) is 1.82. The van der Waals surface area contributed by atoms with Crippen LogP contribution in [-0.4, -0.2) is 18.7 Å². The molecule has 1 fully saturated rings. The van der Waals surface area contributed by atoms with Gasteiger partial charge >= 0.3 is 5.97 Å². The molecule has 0 aliphatic heterocycles. The Morgan fingerprint density at radius 1 is 1.09 bits per heavy atom. The van der Waals surface area contributed by atoms with E-state index >= 15 is 4.39 Å². The van der Waals surface area contributed by atoms with Crippen molar-refractivity contribution < 1.29 is 23.0 Å². The summed E-state index contributed by atoms with van der Waals surface area (Å²) in [6.45, 7) is 0. The summed E-state index contributed by atoms with van der Waals surface area (Å²) in [5.74, 6) is -1.43. The first kappa shape index (κ1) is 23.2. The molecule has 1 saturated carbocycles. The molecule has 0 aromatic heterocycles. The average Bonchev–Trinajstić information content (AvgIpc) is 3.66. The van der Waals surface area contributed by atoms with Crippen molar-refractivity contribution in [2.24, 2.45) is 5.92 Å². The van der Waals surface area contributed by atoms with Crippen LogP contribution in [0.25, 0.3) is 0 Å². The second-order valence-corrected chi connectivity index (χ2v) is 8.84. The average molecular weight is 471 g/mol. The molecule has 1 aliphatic carbocycles. The molecule has 3 nitrogen and oxygen atoms in total. The Bertz CT molecular complexity index is 1100. The van der Waals surface area contributed by atoms with E-state index in [9.17, 15) is 9.18 Å². The zero-order chi connectivity index (χ0) is 23.4. The minimum atomic E-state index is -2.22. The van der Waals surface area contributed by atoms with Crippen molar-refractivity contribution in [1.29, 1.82) is 0 Å². The van der Waals surface area contributed by atoms with E-state index in [-0.39, 0.29) is 24.5 Å². The molecule has 0 N–H and O–H groups in total. The standard InChI is InChI=1S/C27H25ClF2O3/c1-32-26(31)27(30,25(19-8-9-19)20-10-12-21(28)13-11-20)16-15-18-7-14-23(29)24(17-18)33-22-5-3-2-4-6-22/h2-7,10-14,17,19,25H,8-9,15-16H2,1H3/t25-,27+/m0/s1. The lowest BCUT2D eigenvalue weighted by Gasteiger charge is -2.32. The molecule has 33 heavy (non-hydrogen) atoms. The molecule has 0 spiro atoms. The van der Waals surface area contributed by atoms with Crippen LogP contribution in [0.2, 0.25) is 5.02 Å². The molecule has 172 valence electrons. The quantitative estimate of drug-likeness (QED) is 0.308. The number of esters is 1. The van der Waals surface area contributed by atoms with Gasteiger partial charge in [-0.1, -0.05) is 48.0 Å². The number of rotatable bonds is 9. The van der Waals surface area contributed by atoms with E-state index in [1.807, 2.05) is 6.07 Å². The summed E-state index contributed by atoms with van der Waals surface area (Å²) in [4.78, 5) is 12.7. The lowest BCUT2D eigenvalue weighted by Crippen LogP contribution is -2.42. The fraction of sp³-hybridized carbons (Fsp3) is 0.296. The number of methoxy groups -OCH3 is 1. The number of ether oxygens (including phenoxy) is 2. The Hall–Kier alpha value is -2.92. The zero-order valence-electron chi connectivity index (χ0n) is 18.3. The second-order valence-electron chi connectivity index (χ2n) is 8.40. The molecule has 6 heteroatoms. The fourth-order valence-electron chi connectivity index (χ4n) is 4.29. The Labute approximate surface area is 197 Å². The van der Waals surface area contributed by atoms with E-state index in [0.717, 1.165) is 18.4 Å². The molecule has 0 radical (unpaired) electrons. The van der Waals surface area contributed by atoms with E-state index in [1.54, 1.807) is 60.7 Å². The maximum absolute atomic E-state index is 16.5. The highest BCUT2D eigenvalue weighted by molar-refractivity contribution is 6.30. The lowest BCUT2D eigenvalue weighted by molar-refractivity contribution is -0.157. The Balaban J connectivity index is 1.58. The number of carbonyl (C=O) groups is 1. The number of benzene rings is 3. The van der Waals surface area contributed by atoms with Gasteiger partial charge in [-0.05, 0) is 79.1 Å². The number of hydrogen-bond donors (Lipinski definition) is 0. The number of para-hydroxylation sites is 1. The number of alkyl halides is 1. The fourth-order valence-corrected chi connectivity index (χ4v) is 4.41. The van der Waals surface area contributed by atoms with Gasteiger partial charge in [0.1, 0.15) is 5.75 Å². The van der Waals surface area contributed by atoms with Gasteiger partial charge in [-0.15, -0.1) is 0 Å². The lowest BCUT2D eigenvalue weighted by atomic mass is 9.76. The maximum Gasteiger partial charge on any atom is 0.344 e. The van der Waals surface area contributed by atoms with E-state index in [4.69, 9.17) is 21.1 Å². The van der Waals surface area contributed by atoms with Gasteiger partial charge in [-0.3, -0.25) is 0 Å². The highest BCUT2D eigenvalue weighted by Crippen LogP contribution is 2.51. The first-order valence-corrected chi connectivity index (χ1v) is 11.3. The summed E-state index contributed by atoms with van der Waals surface area (Å²) < 4.78 is 41.4. The summed E-state index contributed by atoms with van der Waals surface area (Å²) in [5, 5.41) is 0.549. The minimum Gasteiger partial charge on any atom is -0.467 e. The molecule has 0 bridgehead atoms. The Kier molecular flexibility index (Phi) is 6.99. The molecular formula is C27H25ClF2O3. The van der Waals surface area contributed by atoms with Crippen LogP contribution in [0.1, 0.15) is 36.3 Å². The van der Waals surface area contributed by atoms with Crippen molar-refractivity contribution in [3.8, 4) is 11.5 Å². The zero-order valence-corrected chi connectivity index (χ0v) is 19.0. The van der Waals surface area contributed by atoms with Crippen molar-refractivity contribution in [3.05, 3.63) is 94.8 Å². The molecular weight excluding hydrogens is 446 g/mol. The van der Waals surface area contributed by atoms with Gasteiger partial charge in [-0.2, -0.15) is 0 Å². The van der Waals surface area contributed by atoms with Crippen LogP contribution in [0, 0.1) is 11.7 Å². The molecule has 0 unspecified atom stereocenters. The number of halogens is 3. The van der Waals surface area contributed by atoms with Crippen LogP contribution in [0.15, 0.2) is 72.8 Å². The molecule has 0 heterocycles. The van der Waals surface area contributed by atoms with Crippen molar-refractivity contribution in [1.82, 2.24) is 0 Å². The van der Waals surface area contributed by atoms with Crippen molar-refractivity contribution in [2.75, 3.05) is 7.11 Å². The monoisotopic (exact) mass is 470 g/mol. The third-order valence-corrected chi connectivity index (χ3v) is 6.34. The van der Waals surface area contributed by atoms with Gasteiger partial charge in [0.25, 0.3) is 0 Å². The molecule has 3 aromatic rings. The summed E-state index contributed by atoms with van der Waals surface area (Å²) >= 11 is 6.01. The normalized spacial score (nSPS) is 16.0.